The summed E-state index contributed by atoms with van der Waals surface area (Å²) in [5.74, 6) is 0.133. The van der Waals surface area contributed by atoms with Crippen LogP contribution in [0.3, 0.4) is 0 Å². The summed E-state index contributed by atoms with van der Waals surface area (Å²) in [6.07, 6.45) is 3.29. The van der Waals surface area contributed by atoms with Crippen LogP contribution in [0.25, 0.3) is 0 Å². The van der Waals surface area contributed by atoms with Gasteiger partial charge in [0.25, 0.3) is 10.0 Å². The number of carbonyl (C=O) groups is 1. The second kappa shape index (κ2) is 7.78. The number of carbonyl (C=O) groups excluding carboxylic acids is 1. The summed E-state index contributed by atoms with van der Waals surface area (Å²) in [6, 6.07) is 11.8. The highest BCUT2D eigenvalue weighted by atomic mass is 32.2. The number of hydrogen-bond donors (Lipinski definition) is 1. The Bertz CT molecular complexity index is 891. The van der Waals surface area contributed by atoms with Crippen molar-refractivity contribution < 1.29 is 22.7 Å². The molecule has 0 aromatic heterocycles. The van der Waals surface area contributed by atoms with Crippen molar-refractivity contribution in [1.29, 1.82) is 0 Å². The molecule has 0 unspecified atom stereocenters. The highest BCUT2D eigenvalue weighted by molar-refractivity contribution is 7.92. The van der Waals surface area contributed by atoms with Crippen LogP contribution in [-0.2, 0) is 32.4 Å². The largest absolute Gasteiger partial charge is 0.493 e. The summed E-state index contributed by atoms with van der Waals surface area (Å²) in [5, 5.41) is 0. The molecule has 3 rings (SSSR count). The van der Waals surface area contributed by atoms with E-state index in [0.717, 1.165) is 19.3 Å². The van der Waals surface area contributed by atoms with E-state index in [1.54, 1.807) is 18.2 Å². The van der Waals surface area contributed by atoms with Crippen LogP contribution < -0.4 is 9.46 Å². The van der Waals surface area contributed by atoms with E-state index in [1.807, 2.05) is 12.1 Å². The van der Waals surface area contributed by atoms with Gasteiger partial charge in [0.2, 0.25) is 0 Å². The summed E-state index contributed by atoms with van der Waals surface area (Å²) < 4.78 is 37.6. The predicted molar refractivity (Wildman–Crippen MR) is 97.8 cm³/mol. The molecule has 2 aromatic carbocycles. The van der Waals surface area contributed by atoms with Crippen LogP contribution in [0.4, 0.5) is 5.69 Å². The Labute approximate surface area is 153 Å². The van der Waals surface area contributed by atoms with Crippen LogP contribution in [0, 0.1) is 0 Å². The number of esters is 1. The maximum atomic E-state index is 12.5. The quantitative estimate of drug-likeness (QED) is 0.753. The van der Waals surface area contributed by atoms with Crippen molar-refractivity contribution in [2.75, 3.05) is 18.4 Å². The summed E-state index contributed by atoms with van der Waals surface area (Å²) in [6.45, 7) is 0.173. The molecule has 0 aliphatic heterocycles. The normalized spacial score (nSPS) is 13.1. The average molecular weight is 375 g/mol. The number of fused-ring (bicyclic) bond motifs is 1. The highest BCUT2D eigenvalue weighted by Crippen LogP contribution is 2.26. The van der Waals surface area contributed by atoms with Gasteiger partial charge in [0, 0.05) is 5.69 Å². The standard InChI is InChI=1S/C19H21NO5S/c1-24-19(21)11-12-25-17-7-9-18(10-8-17)26(22,23)20-16-6-5-14-3-2-4-15(14)13-16/h5-10,13,20H,2-4,11-12H2,1H3. The van der Waals surface area contributed by atoms with Gasteiger partial charge in [-0.25, -0.2) is 8.42 Å². The summed E-state index contributed by atoms with van der Waals surface area (Å²) in [7, 11) is -2.35. The lowest BCUT2D eigenvalue weighted by Crippen LogP contribution is -2.13. The second-order valence-corrected chi connectivity index (χ2v) is 7.77. The van der Waals surface area contributed by atoms with E-state index >= 15 is 0 Å². The summed E-state index contributed by atoms with van der Waals surface area (Å²) in [4.78, 5) is 11.2. The number of hydrogen-bond acceptors (Lipinski definition) is 5. The van der Waals surface area contributed by atoms with Gasteiger partial charge < -0.3 is 9.47 Å². The van der Waals surface area contributed by atoms with Gasteiger partial charge in [0.15, 0.2) is 0 Å². The lowest BCUT2D eigenvalue weighted by molar-refractivity contribution is -0.141. The lowest BCUT2D eigenvalue weighted by atomic mass is 10.1. The molecule has 26 heavy (non-hydrogen) atoms. The molecular formula is C19H21NO5S. The maximum Gasteiger partial charge on any atom is 0.308 e. The molecule has 7 heteroatoms. The van der Waals surface area contributed by atoms with Crippen LogP contribution in [0.5, 0.6) is 5.75 Å². The fourth-order valence-corrected chi connectivity index (χ4v) is 3.97. The number of sulfonamides is 1. The third-order valence-corrected chi connectivity index (χ3v) is 5.68. The fourth-order valence-electron chi connectivity index (χ4n) is 2.92. The summed E-state index contributed by atoms with van der Waals surface area (Å²) in [5.41, 5.74) is 3.07. The van der Waals surface area contributed by atoms with Crippen molar-refractivity contribution in [2.45, 2.75) is 30.6 Å². The van der Waals surface area contributed by atoms with Gasteiger partial charge in [0.05, 0.1) is 25.0 Å². The van der Waals surface area contributed by atoms with Crippen LogP contribution in [0.15, 0.2) is 47.4 Å². The first kappa shape index (κ1) is 18.3. The van der Waals surface area contributed by atoms with Gasteiger partial charge in [-0.3, -0.25) is 9.52 Å². The molecule has 0 radical (unpaired) electrons. The Kier molecular flexibility index (Phi) is 5.46. The Morgan fingerprint density at radius 2 is 1.81 bits per heavy atom. The molecule has 2 aromatic rings. The third-order valence-electron chi connectivity index (χ3n) is 4.29. The van der Waals surface area contributed by atoms with E-state index in [4.69, 9.17) is 4.74 Å². The molecule has 0 heterocycles. The van der Waals surface area contributed by atoms with Gasteiger partial charge >= 0.3 is 5.97 Å². The average Bonchev–Trinajstić information content (AvgIpc) is 3.09. The Hall–Kier alpha value is -2.54. The minimum atomic E-state index is -3.67. The van der Waals surface area contributed by atoms with Crippen molar-refractivity contribution in [3.05, 3.63) is 53.6 Å². The topological polar surface area (TPSA) is 81.7 Å². The molecule has 138 valence electrons. The van der Waals surface area contributed by atoms with Crippen LogP contribution in [0.1, 0.15) is 24.0 Å². The van der Waals surface area contributed by atoms with Gasteiger partial charge in [-0.2, -0.15) is 0 Å². The maximum absolute atomic E-state index is 12.5. The zero-order valence-corrected chi connectivity index (χ0v) is 15.3. The molecule has 0 saturated heterocycles. The zero-order chi connectivity index (χ0) is 18.6. The Morgan fingerprint density at radius 1 is 1.08 bits per heavy atom. The molecule has 6 nitrogen and oxygen atoms in total. The molecule has 0 atom stereocenters. The monoisotopic (exact) mass is 375 g/mol. The Balaban J connectivity index is 1.64. The van der Waals surface area contributed by atoms with Crippen molar-refractivity contribution in [2.24, 2.45) is 0 Å². The molecule has 1 aliphatic rings. The number of rotatable bonds is 7. The van der Waals surface area contributed by atoms with E-state index in [-0.39, 0.29) is 23.9 Å². The number of ether oxygens (including phenoxy) is 2. The lowest BCUT2D eigenvalue weighted by Gasteiger charge is -2.11. The van der Waals surface area contributed by atoms with Crippen molar-refractivity contribution in [3.63, 3.8) is 0 Å². The Morgan fingerprint density at radius 3 is 2.54 bits per heavy atom. The molecule has 0 spiro atoms. The van der Waals surface area contributed by atoms with Crippen LogP contribution in [-0.4, -0.2) is 28.1 Å². The SMILES string of the molecule is COC(=O)CCOc1ccc(S(=O)(=O)Nc2ccc3c(c2)CCC3)cc1. The zero-order valence-electron chi connectivity index (χ0n) is 14.5. The first-order valence-corrected chi connectivity index (χ1v) is 9.90. The van der Waals surface area contributed by atoms with E-state index in [1.165, 1.54) is 30.4 Å². The molecule has 0 fully saturated rings. The number of methoxy groups -OCH3 is 1. The second-order valence-electron chi connectivity index (χ2n) is 6.09. The van der Waals surface area contributed by atoms with Crippen molar-refractivity contribution in [3.8, 4) is 5.75 Å². The number of benzene rings is 2. The van der Waals surface area contributed by atoms with Gasteiger partial charge in [-0.15, -0.1) is 0 Å². The molecule has 1 aliphatic carbocycles. The minimum absolute atomic E-state index is 0.135. The first-order chi connectivity index (χ1) is 12.5. The predicted octanol–water partition coefficient (Wildman–Crippen LogP) is 2.92. The molecule has 0 bridgehead atoms. The third kappa shape index (κ3) is 4.35. The highest BCUT2D eigenvalue weighted by Gasteiger charge is 2.16. The van der Waals surface area contributed by atoms with Crippen LogP contribution >= 0.6 is 0 Å². The van der Waals surface area contributed by atoms with E-state index in [2.05, 4.69) is 9.46 Å². The van der Waals surface area contributed by atoms with Gasteiger partial charge in [-0.1, -0.05) is 6.07 Å². The summed E-state index contributed by atoms with van der Waals surface area (Å²) >= 11 is 0. The van der Waals surface area contributed by atoms with Gasteiger partial charge in [0.1, 0.15) is 5.75 Å². The minimum Gasteiger partial charge on any atom is -0.493 e. The fraction of sp³-hybridized carbons (Fsp3) is 0.316. The van der Waals surface area contributed by atoms with E-state index in [0.29, 0.717) is 11.4 Å². The smallest absolute Gasteiger partial charge is 0.308 e. The number of aryl methyl sites for hydroxylation is 2. The van der Waals surface area contributed by atoms with Crippen molar-refractivity contribution >= 4 is 21.7 Å². The first-order valence-electron chi connectivity index (χ1n) is 8.42. The number of nitrogens with one attached hydrogen (secondary N) is 1. The molecule has 0 saturated carbocycles. The van der Waals surface area contributed by atoms with E-state index in [9.17, 15) is 13.2 Å². The molecule has 1 N–H and O–H groups in total. The van der Waals surface area contributed by atoms with E-state index < -0.39 is 10.0 Å². The molecular weight excluding hydrogens is 354 g/mol. The van der Waals surface area contributed by atoms with Gasteiger partial charge in [-0.05, 0) is 66.8 Å². The van der Waals surface area contributed by atoms with Crippen molar-refractivity contribution in [1.82, 2.24) is 0 Å². The van der Waals surface area contributed by atoms with Crippen LogP contribution in [0.2, 0.25) is 0 Å². The molecule has 0 amide bonds. The number of anilines is 1.